The van der Waals surface area contributed by atoms with Gasteiger partial charge in [-0.05, 0) is 51.4 Å². The quantitative estimate of drug-likeness (QED) is 0.0149. The minimum absolute atomic E-state index is 0.0477. The Morgan fingerprint density at radius 2 is 1.16 bits per heavy atom. The van der Waals surface area contributed by atoms with E-state index in [1.807, 2.05) is 33.3 Å². The first-order valence-electron chi connectivity index (χ1n) is 22.1. The fourth-order valence-corrected chi connectivity index (χ4v) is 6.65. The van der Waals surface area contributed by atoms with Gasteiger partial charge in [-0.15, -0.1) is 0 Å². The number of phosphoric acid groups is 1. The predicted molar refractivity (Wildman–Crippen MR) is 231 cm³/mol. The van der Waals surface area contributed by atoms with Gasteiger partial charge in [0.05, 0.1) is 40.0 Å². The molecule has 4 unspecified atom stereocenters. The number of allylic oxidation sites excluding steroid dienone is 9. The van der Waals surface area contributed by atoms with E-state index in [1.54, 1.807) is 0 Å². The van der Waals surface area contributed by atoms with Crippen molar-refractivity contribution in [2.75, 3.05) is 47.5 Å². The van der Waals surface area contributed by atoms with E-state index in [1.165, 1.54) is 64.2 Å². The van der Waals surface area contributed by atoms with Crippen LogP contribution < -0.4 is 4.89 Å². The number of ether oxygens (including phenoxy) is 3. The third kappa shape index (κ3) is 35.3. The number of hydrogen-bond donors (Lipinski definition) is 0. The minimum Gasteiger partial charge on any atom is -0.756 e. The Hall–Kier alpha value is -2.33. The number of carbonyl (C=O) groups excluding carboxylic acids is 2. The summed E-state index contributed by atoms with van der Waals surface area (Å²) in [6, 6.07) is 0. The second-order valence-corrected chi connectivity index (χ2v) is 17.5. The lowest BCUT2D eigenvalue weighted by molar-refractivity contribution is -0.870. The van der Waals surface area contributed by atoms with Crippen LogP contribution in [0.15, 0.2) is 60.8 Å². The third-order valence-electron chi connectivity index (χ3n) is 9.54. The maximum atomic E-state index is 12.6. The number of unbranched alkanes of at least 4 members (excludes halogenated alkanes) is 12. The van der Waals surface area contributed by atoms with Crippen molar-refractivity contribution in [1.29, 1.82) is 0 Å². The van der Waals surface area contributed by atoms with E-state index in [0.717, 1.165) is 57.8 Å². The Bertz CT molecular complexity index is 1220. The van der Waals surface area contributed by atoms with Gasteiger partial charge in [0, 0.05) is 12.8 Å². The molecule has 0 aromatic heterocycles. The molecule has 0 N–H and O–H groups in total. The first kappa shape index (κ1) is 52.7. The number of epoxide rings is 1. The molecule has 1 rings (SSSR count). The molecule has 1 heterocycles. The largest absolute Gasteiger partial charge is 0.756 e. The average molecular weight is 822 g/mol. The number of hydrogen-bond acceptors (Lipinski definition) is 9. The Balaban J connectivity index is 2.32. The van der Waals surface area contributed by atoms with Crippen LogP contribution >= 0.6 is 7.82 Å². The number of rotatable bonds is 38. The van der Waals surface area contributed by atoms with Crippen LogP contribution in [0, 0.1) is 0 Å². The molecule has 1 saturated heterocycles. The fourth-order valence-electron chi connectivity index (χ4n) is 5.92. The summed E-state index contributed by atoms with van der Waals surface area (Å²) >= 11 is 0. The summed E-state index contributed by atoms with van der Waals surface area (Å²) in [5.74, 6) is -0.938. The van der Waals surface area contributed by atoms with Gasteiger partial charge in [-0.2, -0.15) is 0 Å². The number of quaternary nitrogens is 1. The molecule has 1 fully saturated rings. The second-order valence-electron chi connectivity index (χ2n) is 16.1. The van der Waals surface area contributed by atoms with Gasteiger partial charge in [0.1, 0.15) is 19.8 Å². The zero-order valence-electron chi connectivity index (χ0n) is 36.5. The monoisotopic (exact) mass is 822 g/mol. The predicted octanol–water partition coefficient (Wildman–Crippen LogP) is 10.8. The van der Waals surface area contributed by atoms with E-state index in [0.29, 0.717) is 29.7 Å². The summed E-state index contributed by atoms with van der Waals surface area (Å²) in [4.78, 5) is 37.5. The van der Waals surface area contributed by atoms with Gasteiger partial charge in [-0.25, -0.2) is 0 Å². The maximum Gasteiger partial charge on any atom is 0.306 e. The van der Waals surface area contributed by atoms with Crippen molar-refractivity contribution in [3.8, 4) is 0 Å². The van der Waals surface area contributed by atoms with Crippen LogP contribution in [0.2, 0.25) is 0 Å². The highest BCUT2D eigenvalue weighted by Crippen LogP contribution is 2.38. The summed E-state index contributed by atoms with van der Waals surface area (Å²) in [5, 5.41) is 0. The van der Waals surface area contributed by atoms with E-state index < -0.39 is 32.5 Å². The van der Waals surface area contributed by atoms with Crippen molar-refractivity contribution in [2.45, 2.75) is 173 Å². The summed E-state index contributed by atoms with van der Waals surface area (Å²) in [7, 11) is 1.11. The zero-order valence-corrected chi connectivity index (χ0v) is 37.4. The summed E-state index contributed by atoms with van der Waals surface area (Å²) in [6.07, 6.45) is 43.1. The lowest BCUT2D eigenvalue weighted by atomic mass is 10.0. The van der Waals surface area contributed by atoms with Crippen LogP contribution in [0.5, 0.6) is 0 Å². The highest BCUT2D eigenvalue weighted by Gasteiger charge is 2.35. The molecule has 4 atom stereocenters. The summed E-state index contributed by atoms with van der Waals surface area (Å²) in [5.41, 5.74) is 0. The molecule has 0 amide bonds. The van der Waals surface area contributed by atoms with Crippen molar-refractivity contribution in [1.82, 2.24) is 0 Å². The van der Waals surface area contributed by atoms with Crippen molar-refractivity contribution in [3.63, 3.8) is 0 Å². The molecule has 0 aromatic carbocycles. The van der Waals surface area contributed by atoms with Gasteiger partial charge >= 0.3 is 11.9 Å². The Morgan fingerprint density at radius 1 is 0.649 bits per heavy atom. The van der Waals surface area contributed by atoms with E-state index in [4.69, 9.17) is 23.3 Å². The fraction of sp³-hybridized carbons (Fsp3) is 0.739. The molecule has 57 heavy (non-hydrogen) atoms. The molecule has 0 bridgehead atoms. The molecule has 328 valence electrons. The molecule has 0 spiro atoms. The average Bonchev–Trinajstić information content (AvgIpc) is 3.93. The molecule has 0 aliphatic carbocycles. The van der Waals surface area contributed by atoms with Crippen LogP contribution in [0.3, 0.4) is 0 Å². The number of carbonyl (C=O) groups is 2. The zero-order chi connectivity index (χ0) is 41.9. The first-order chi connectivity index (χ1) is 27.5. The van der Waals surface area contributed by atoms with Gasteiger partial charge in [0.2, 0.25) is 0 Å². The van der Waals surface area contributed by atoms with E-state index in [2.05, 4.69) is 62.5 Å². The summed E-state index contributed by atoms with van der Waals surface area (Å²) < 4.78 is 39.3. The molecule has 11 heteroatoms. The van der Waals surface area contributed by atoms with Crippen molar-refractivity contribution < 1.29 is 46.8 Å². The van der Waals surface area contributed by atoms with Gasteiger partial charge in [0.25, 0.3) is 7.82 Å². The Morgan fingerprint density at radius 3 is 1.67 bits per heavy atom. The maximum absolute atomic E-state index is 12.6. The van der Waals surface area contributed by atoms with Gasteiger partial charge < -0.3 is 32.6 Å². The van der Waals surface area contributed by atoms with Crippen LogP contribution in [-0.2, 0) is 37.4 Å². The highest BCUT2D eigenvalue weighted by atomic mass is 31.2. The van der Waals surface area contributed by atoms with E-state index in [9.17, 15) is 19.0 Å². The summed E-state index contributed by atoms with van der Waals surface area (Å²) in [6.45, 7) is 4.03. The van der Waals surface area contributed by atoms with Crippen LogP contribution in [0.4, 0.5) is 0 Å². The highest BCUT2D eigenvalue weighted by molar-refractivity contribution is 7.45. The molecule has 0 radical (unpaired) electrons. The van der Waals surface area contributed by atoms with Gasteiger partial charge in [-0.1, -0.05) is 152 Å². The number of esters is 2. The Labute approximate surface area is 347 Å². The molecular formula is C46H80NO9P. The van der Waals surface area contributed by atoms with Gasteiger partial charge in [-0.3, -0.25) is 14.2 Å². The molecule has 1 aliphatic rings. The molecule has 0 aromatic rings. The van der Waals surface area contributed by atoms with E-state index in [-0.39, 0.29) is 26.1 Å². The van der Waals surface area contributed by atoms with Crippen molar-refractivity contribution in [2.24, 2.45) is 0 Å². The second kappa shape index (κ2) is 34.5. The molecule has 0 saturated carbocycles. The Kier molecular flexibility index (Phi) is 31.9. The molecular weight excluding hydrogens is 741 g/mol. The van der Waals surface area contributed by atoms with E-state index >= 15 is 0 Å². The van der Waals surface area contributed by atoms with Crippen LogP contribution in [-0.4, -0.2) is 82.2 Å². The number of phosphoric ester groups is 1. The number of likely N-dealkylation sites (N-methyl/N-ethyl adjacent to an activating group) is 1. The topological polar surface area (TPSA) is 124 Å². The smallest absolute Gasteiger partial charge is 0.306 e. The molecule has 1 aliphatic heterocycles. The first-order valence-corrected chi connectivity index (χ1v) is 23.6. The third-order valence-corrected chi connectivity index (χ3v) is 10.5. The van der Waals surface area contributed by atoms with Crippen LogP contribution in [0.1, 0.15) is 155 Å². The number of nitrogens with zero attached hydrogens (tertiary/aromatic N) is 1. The standard InChI is InChI=1S/C46H80NO9P/c1-6-8-9-10-11-12-13-17-21-24-27-30-33-36-45(48)52-40-42(41-54-57(50,51)53-39-38-47(3,4)5)55-46(49)37-34-31-28-25-22-19-16-14-15-18-20-23-26-29-32-35-44-43(7-2)56-44/h14-15,19-20,22-23,28-29,31-32,42-44H,6-13,16-18,21,24-27,30,33-41H2,1-5H3/b15-14+,22-19+,23-20+,31-28+,32-29+. The van der Waals surface area contributed by atoms with Crippen LogP contribution in [0.25, 0.3) is 0 Å². The lowest BCUT2D eigenvalue weighted by Gasteiger charge is -2.28. The molecule has 10 nitrogen and oxygen atoms in total. The van der Waals surface area contributed by atoms with Crippen molar-refractivity contribution >= 4 is 19.8 Å². The SMILES string of the molecule is CCCCCCCCCCCCCCCC(=O)OCC(COP(=O)([O-])OCC[N+](C)(C)C)OC(=O)CC/C=C/C/C=C/C/C=C/C/C=C/C/C=C/CC1OC1CC. The van der Waals surface area contributed by atoms with Gasteiger partial charge in [0.15, 0.2) is 6.10 Å². The normalized spacial score (nSPS) is 17.7. The van der Waals surface area contributed by atoms with Crippen molar-refractivity contribution in [3.05, 3.63) is 60.8 Å². The lowest BCUT2D eigenvalue weighted by Crippen LogP contribution is -2.37. The minimum atomic E-state index is -4.65.